The Hall–Kier alpha value is -2.14. The third kappa shape index (κ3) is 3.93. The normalized spacial score (nSPS) is 10.5. The molecule has 5 heteroatoms. The highest BCUT2D eigenvalue weighted by atomic mass is 19.1. The molecule has 0 saturated heterocycles. The summed E-state index contributed by atoms with van der Waals surface area (Å²) >= 11 is 0. The Bertz CT molecular complexity index is 564. The zero-order chi connectivity index (χ0) is 14.4. The van der Waals surface area contributed by atoms with Crippen LogP contribution in [0.2, 0.25) is 0 Å². The van der Waals surface area contributed by atoms with E-state index >= 15 is 0 Å². The van der Waals surface area contributed by atoms with E-state index in [0.717, 1.165) is 11.3 Å². The molecule has 0 bridgehead atoms. The summed E-state index contributed by atoms with van der Waals surface area (Å²) in [6.45, 7) is 1.14. The van der Waals surface area contributed by atoms with Crippen molar-refractivity contribution in [2.45, 2.75) is 13.0 Å². The number of carbonyl (C=O) groups excluding carboxylic acids is 1. The van der Waals surface area contributed by atoms with Crippen molar-refractivity contribution in [3.05, 3.63) is 48.0 Å². The monoisotopic (exact) mass is 276 g/mol. The largest absolute Gasteiger partial charge is 0.460 e. The van der Waals surface area contributed by atoms with Crippen molar-refractivity contribution in [2.24, 2.45) is 0 Å². The molecule has 0 unspecified atom stereocenters. The van der Waals surface area contributed by atoms with Crippen molar-refractivity contribution in [3.63, 3.8) is 0 Å². The van der Waals surface area contributed by atoms with Crippen molar-refractivity contribution in [1.82, 2.24) is 10.6 Å². The summed E-state index contributed by atoms with van der Waals surface area (Å²) < 4.78 is 18.5. The van der Waals surface area contributed by atoms with E-state index in [1.54, 1.807) is 19.2 Å². The number of amides is 1. The Balaban J connectivity index is 1.86. The summed E-state index contributed by atoms with van der Waals surface area (Å²) in [5.74, 6) is 1.22. The van der Waals surface area contributed by atoms with Crippen molar-refractivity contribution >= 4 is 5.91 Å². The Morgan fingerprint density at radius 3 is 2.65 bits per heavy atom. The van der Waals surface area contributed by atoms with E-state index in [1.807, 2.05) is 12.1 Å². The Labute approximate surface area is 117 Å². The van der Waals surface area contributed by atoms with Crippen LogP contribution in [0.3, 0.4) is 0 Å². The summed E-state index contributed by atoms with van der Waals surface area (Å²) in [6.07, 6.45) is 0.433. The van der Waals surface area contributed by atoms with E-state index in [1.165, 1.54) is 12.1 Å². The van der Waals surface area contributed by atoms with Gasteiger partial charge in [0.05, 0.1) is 6.54 Å². The van der Waals surface area contributed by atoms with Gasteiger partial charge in [0.2, 0.25) is 5.91 Å². The van der Waals surface area contributed by atoms with Gasteiger partial charge in [0.1, 0.15) is 17.3 Å². The number of carbonyl (C=O) groups is 1. The van der Waals surface area contributed by atoms with Crippen LogP contribution in [-0.2, 0) is 11.3 Å². The van der Waals surface area contributed by atoms with Crippen LogP contribution in [0.5, 0.6) is 0 Å². The van der Waals surface area contributed by atoms with E-state index in [-0.39, 0.29) is 11.7 Å². The second-order valence-electron chi connectivity index (χ2n) is 4.37. The molecule has 0 atom stereocenters. The van der Waals surface area contributed by atoms with Gasteiger partial charge in [-0.05, 0) is 36.4 Å². The van der Waals surface area contributed by atoms with Gasteiger partial charge in [-0.25, -0.2) is 4.39 Å². The van der Waals surface area contributed by atoms with Crippen molar-refractivity contribution in [1.29, 1.82) is 0 Å². The summed E-state index contributed by atoms with van der Waals surface area (Å²) in [6, 6.07) is 9.88. The smallest absolute Gasteiger partial charge is 0.221 e. The molecule has 2 N–H and O–H groups in total. The first-order valence-electron chi connectivity index (χ1n) is 6.45. The first-order chi connectivity index (χ1) is 9.69. The SMILES string of the molecule is CNC(=O)CCNCc1ccc(-c2ccc(F)cc2)o1. The first kappa shape index (κ1) is 14.3. The Morgan fingerprint density at radius 2 is 1.95 bits per heavy atom. The summed E-state index contributed by atoms with van der Waals surface area (Å²) in [7, 11) is 1.61. The molecule has 20 heavy (non-hydrogen) atoms. The average Bonchev–Trinajstić information content (AvgIpc) is 2.93. The van der Waals surface area contributed by atoms with Crippen LogP contribution in [0.25, 0.3) is 11.3 Å². The fraction of sp³-hybridized carbons (Fsp3) is 0.267. The number of rotatable bonds is 6. The summed E-state index contributed by atoms with van der Waals surface area (Å²) in [4.78, 5) is 11.0. The molecule has 4 nitrogen and oxygen atoms in total. The molecule has 1 aromatic heterocycles. The first-order valence-corrected chi connectivity index (χ1v) is 6.45. The second kappa shape index (κ2) is 6.86. The van der Waals surface area contributed by atoms with Crippen LogP contribution in [0.15, 0.2) is 40.8 Å². The van der Waals surface area contributed by atoms with Gasteiger partial charge in [-0.3, -0.25) is 4.79 Å². The molecule has 1 amide bonds. The van der Waals surface area contributed by atoms with Gasteiger partial charge in [-0.15, -0.1) is 0 Å². The van der Waals surface area contributed by atoms with E-state index in [4.69, 9.17) is 4.42 Å². The van der Waals surface area contributed by atoms with Crippen LogP contribution < -0.4 is 10.6 Å². The van der Waals surface area contributed by atoms with E-state index in [0.29, 0.717) is 25.3 Å². The van der Waals surface area contributed by atoms with E-state index in [9.17, 15) is 9.18 Å². The lowest BCUT2D eigenvalue weighted by molar-refractivity contribution is -0.120. The molecule has 2 rings (SSSR count). The molecule has 1 heterocycles. The third-order valence-corrected chi connectivity index (χ3v) is 2.90. The molecule has 106 valence electrons. The molecule has 0 aliphatic rings. The van der Waals surface area contributed by atoms with Crippen LogP contribution in [-0.4, -0.2) is 19.5 Å². The highest BCUT2D eigenvalue weighted by molar-refractivity contribution is 5.75. The summed E-state index contributed by atoms with van der Waals surface area (Å²) in [5.41, 5.74) is 0.836. The summed E-state index contributed by atoms with van der Waals surface area (Å²) in [5, 5.41) is 5.69. The zero-order valence-corrected chi connectivity index (χ0v) is 11.3. The third-order valence-electron chi connectivity index (χ3n) is 2.90. The van der Waals surface area contributed by atoms with Gasteiger partial charge in [0.15, 0.2) is 0 Å². The lowest BCUT2D eigenvalue weighted by Crippen LogP contribution is -2.24. The Kier molecular flexibility index (Phi) is 4.90. The van der Waals surface area contributed by atoms with Gasteiger partial charge in [0, 0.05) is 25.6 Å². The van der Waals surface area contributed by atoms with E-state index in [2.05, 4.69) is 10.6 Å². The highest BCUT2D eigenvalue weighted by Gasteiger charge is 2.05. The van der Waals surface area contributed by atoms with Crippen LogP contribution >= 0.6 is 0 Å². The molecular formula is C15H17FN2O2. The Morgan fingerprint density at radius 1 is 1.20 bits per heavy atom. The van der Waals surface area contributed by atoms with Gasteiger partial charge in [0.25, 0.3) is 0 Å². The minimum Gasteiger partial charge on any atom is -0.460 e. The number of furan rings is 1. The predicted octanol–water partition coefficient (Wildman–Crippen LogP) is 2.31. The van der Waals surface area contributed by atoms with Crippen LogP contribution in [0.4, 0.5) is 4.39 Å². The molecule has 0 aliphatic heterocycles. The number of nitrogens with one attached hydrogen (secondary N) is 2. The second-order valence-corrected chi connectivity index (χ2v) is 4.37. The number of hydrogen-bond acceptors (Lipinski definition) is 3. The highest BCUT2D eigenvalue weighted by Crippen LogP contribution is 2.22. The quantitative estimate of drug-likeness (QED) is 0.796. The minimum absolute atomic E-state index is 0.00365. The standard InChI is InChI=1S/C15H17FN2O2/c1-17-15(19)8-9-18-10-13-6-7-14(20-13)11-2-4-12(16)5-3-11/h2-7,18H,8-10H2,1H3,(H,17,19). The molecule has 0 spiro atoms. The van der Waals surface area contributed by atoms with Crippen LogP contribution in [0.1, 0.15) is 12.2 Å². The maximum Gasteiger partial charge on any atom is 0.221 e. The van der Waals surface area contributed by atoms with E-state index < -0.39 is 0 Å². The van der Waals surface area contributed by atoms with Gasteiger partial charge in [-0.1, -0.05) is 0 Å². The lowest BCUT2D eigenvalue weighted by atomic mass is 10.2. The predicted molar refractivity (Wildman–Crippen MR) is 74.5 cm³/mol. The molecular weight excluding hydrogens is 259 g/mol. The number of halogens is 1. The fourth-order valence-corrected chi connectivity index (χ4v) is 1.78. The fourth-order valence-electron chi connectivity index (χ4n) is 1.78. The maximum absolute atomic E-state index is 12.8. The number of benzene rings is 1. The lowest BCUT2D eigenvalue weighted by Gasteiger charge is -2.02. The van der Waals surface area contributed by atoms with Gasteiger partial charge < -0.3 is 15.1 Å². The van der Waals surface area contributed by atoms with Crippen LogP contribution in [0, 0.1) is 5.82 Å². The van der Waals surface area contributed by atoms with Gasteiger partial charge in [-0.2, -0.15) is 0 Å². The van der Waals surface area contributed by atoms with Gasteiger partial charge >= 0.3 is 0 Å². The van der Waals surface area contributed by atoms with Crippen molar-refractivity contribution < 1.29 is 13.6 Å². The minimum atomic E-state index is -0.267. The average molecular weight is 276 g/mol. The molecule has 0 saturated carbocycles. The number of hydrogen-bond donors (Lipinski definition) is 2. The molecule has 2 aromatic rings. The molecule has 0 fully saturated rings. The molecule has 0 radical (unpaired) electrons. The van der Waals surface area contributed by atoms with Crippen molar-refractivity contribution in [2.75, 3.05) is 13.6 Å². The maximum atomic E-state index is 12.8. The zero-order valence-electron chi connectivity index (χ0n) is 11.3. The molecule has 0 aliphatic carbocycles. The molecule has 1 aromatic carbocycles. The topological polar surface area (TPSA) is 54.3 Å². The van der Waals surface area contributed by atoms with Crippen molar-refractivity contribution in [3.8, 4) is 11.3 Å².